The average molecular weight is 522 g/mol. The first-order chi connectivity index (χ1) is 18.1. The van der Waals surface area contributed by atoms with E-state index >= 15 is 0 Å². The molecule has 9 nitrogen and oxygen atoms in total. The van der Waals surface area contributed by atoms with Crippen molar-refractivity contribution < 1.29 is 39.1 Å². The summed E-state index contributed by atoms with van der Waals surface area (Å²) < 4.78 is 23.1. The van der Waals surface area contributed by atoms with E-state index in [1.165, 1.54) is 32.3 Å². The van der Waals surface area contributed by atoms with Crippen LogP contribution in [-0.2, 0) is 16.0 Å². The molecule has 3 N–H and O–H groups in total. The van der Waals surface area contributed by atoms with E-state index < -0.39 is 29.1 Å². The number of hydrogen-bond donors (Lipinski definition) is 3. The summed E-state index contributed by atoms with van der Waals surface area (Å²) in [7, 11) is 7.56. The van der Waals surface area contributed by atoms with Gasteiger partial charge in [-0.3, -0.25) is 4.79 Å². The molecule has 38 heavy (non-hydrogen) atoms. The van der Waals surface area contributed by atoms with Crippen LogP contribution in [0.2, 0.25) is 0 Å². The molecule has 1 amide bonds. The maximum Gasteiger partial charge on any atom is 0.228 e. The maximum absolute atomic E-state index is 13.7. The molecule has 0 bridgehead atoms. The number of nitrogens with zero attached hydrogens (tertiary/aromatic N) is 1. The third kappa shape index (κ3) is 3.28. The maximum atomic E-state index is 13.7. The Morgan fingerprint density at radius 2 is 1.63 bits per heavy atom. The Bertz CT molecular complexity index is 1380. The summed E-state index contributed by atoms with van der Waals surface area (Å²) in [6.45, 7) is 0. The van der Waals surface area contributed by atoms with E-state index in [4.69, 9.17) is 18.9 Å². The van der Waals surface area contributed by atoms with Gasteiger partial charge in [0.2, 0.25) is 5.91 Å². The van der Waals surface area contributed by atoms with Crippen LogP contribution in [-0.4, -0.2) is 67.7 Å². The van der Waals surface area contributed by atoms with Gasteiger partial charge in [0.05, 0.1) is 32.8 Å². The molecule has 3 aromatic rings. The van der Waals surface area contributed by atoms with E-state index in [1.807, 2.05) is 30.3 Å². The largest absolute Gasteiger partial charge is 0.504 e. The van der Waals surface area contributed by atoms with Gasteiger partial charge < -0.3 is 39.2 Å². The lowest BCUT2D eigenvalue weighted by atomic mass is 9.70. The molecule has 1 heterocycles. The molecule has 0 saturated heterocycles. The summed E-state index contributed by atoms with van der Waals surface area (Å²) in [5, 5.41) is 35.6. The minimum atomic E-state index is -2.17. The zero-order valence-corrected chi connectivity index (χ0v) is 21.8. The van der Waals surface area contributed by atoms with Gasteiger partial charge in [-0.1, -0.05) is 36.4 Å². The molecule has 0 unspecified atom stereocenters. The fourth-order valence-electron chi connectivity index (χ4n) is 6.16. The number of methoxy groups -OCH3 is 3. The van der Waals surface area contributed by atoms with E-state index in [0.29, 0.717) is 16.9 Å². The molecular formula is C29H31NO8. The molecular weight excluding hydrogens is 490 g/mol. The van der Waals surface area contributed by atoms with E-state index in [2.05, 4.69) is 0 Å². The molecule has 1 saturated carbocycles. The minimum absolute atomic E-state index is 0.186. The zero-order chi connectivity index (χ0) is 27.4. The molecule has 0 aromatic heterocycles. The van der Waals surface area contributed by atoms with Crippen LogP contribution in [0.3, 0.4) is 0 Å². The number of amides is 1. The van der Waals surface area contributed by atoms with Crippen molar-refractivity contribution in [2.24, 2.45) is 5.92 Å². The van der Waals surface area contributed by atoms with Gasteiger partial charge in [-0.2, -0.15) is 0 Å². The van der Waals surface area contributed by atoms with Crippen molar-refractivity contribution in [2.45, 2.75) is 23.2 Å². The first kappa shape index (κ1) is 25.7. The zero-order valence-electron chi connectivity index (χ0n) is 21.8. The third-order valence-electron chi connectivity index (χ3n) is 7.77. The topological polar surface area (TPSA) is 118 Å². The lowest BCUT2D eigenvalue weighted by Crippen LogP contribution is -2.52. The van der Waals surface area contributed by atoms with Crippen molar-refractivity contribution in [3.05, 3.63) is 77.4 Å². The summed E-state index contributed by atoms with van der Waals surface area (Å²) in [6, 6.07) is 17.0. The van der Waals surface area contributed by atoms with Crippen molar-refractivity contribution in [1.29, 1.82) is 0 Å². The highest BCUT2D eigenvalue weighted by atomic mass is 16.5. The first-order valence-electron chi connectivity index (χ1n) is 12.1. The van der Waals surface area contributed by atoms with Crippen LogP contribution in [0.15, 0.2) is 60.7 Å². The first-order valence-corrected chi connectivity index (χ1v) is 12.1. The van der Waals surface area contributed by atoms with Gasteiger partial charge in [0, 0.05) is 37.7 Å². The highest BCUT2D eigenvalue weighted by Crippen LogP contribution is 2.70. The van der Waals surface area contributed by atoms with Crippen molar-refractivity contribution in [1.82, 2.24) is 4.90 Å². The number of rotatable bonds is 6. The lowest BCUT2D eigenvalue weighted by molar-refractivity contribution is -0.156. The number of aliphatic hydroxyl groups is 2. The molecule has 1 fully saturated rings. The Hall–Kier alpha value is -3.95. The van der Waals surface area contributed by atoms with Crippen molar-refractivity contribution in [3.8, 4) is 28.7 Å². The minimum Gasteiger partial charge on any atom is -0.504 e. The molecule has 1 aliphatic carbocycles. The fourth-order valence-corrected chi connectivity index (χ4v) is 6.16. The van der Waals surface area contributed by atoms with Gasteiger partial charge in [0.25, 0.3) is 0 Å². The van der Waals surface area contributed by atoms with Crippen molar-refractivity contribution >= 4 is 5.91 Å². The van der Waals surface area contributed by atoms with Crippen LogP contribution in [0, 0.1) is 5.92 Å². The van der Waals surface area contributed by atoms with Gasteiger partial charge in [-0.05, 0) is 17.7 Å². The molecule has 3 aromatic carbocycles. The number of carbonyl (C=O) groups excluding carboxylic acids is 1. The van der Waals surface area contributed by atoms with Gasteiger partial charge in [-0.25, -0.2) is 0 Å². The number of fused-ring (bicyclic) bond motifs is 3. The highest BCUT2D eigenvalue weighted by molar-refractivity contribution is 5.83. The molecule has 200 valence electrons. The smallest absolute Gasteiger partial charge is 0.228 e. The Morgan fingerprint density at radius 3 is 2.21 bits per heavy atom. The molecule has 1 aliphatic heterocycles. The Morgan fingerprint density at radius 1 is 0.947 bits per heavy atom. The Kier molecular flexibility index (Phi) is 6.16. The summed E-state index contributed by atoms with van der Waals surface area (Å²) in [5.74, 6) is -1.46. The highest BCUT2D eigenvalue weighted by Gasteiger charge is 2.78. The second-order valence-corrected chi connectivity index (χ2v) is 9.79. The number of ether oxygens (including phenoxy) is 4. The third-order valence-corrected chi connectivity index (χ3v) is 7.77. The predicted octanol–water partition coefficient (Wildman–Crippen LogP) is 2.76. The number of carbonyl (C=O) groups is 1. The Balaban J connectivity index is 1.91. The van der Waals surface area contributed by atoms with Gasteiger partial charge >= 0.3 is 0 Å². The number of aliphatic hydroxyl groups excluding tert-OH is 1. The average Bonchev–Trinajstić information content (AvgIpc) is 3.30. The SMILES string of the molecule is COc1cc(OC)c2c(c1)O[C@]1(c3ccc(OC)c(O)c3)[C@H](c3ccccc3)[C@H](C(=O)N(C)C)[C@@H](O)[C@]21O. The standard InChI is InChI=1S/C29H31NO8/c1-30(2)27(33)23-24(16-9-7-6-8-10-16)29(17-11-12-20(36-4)19(31)13-17)28(34,26(23)32)25-21(37-5)14-18(35-3)15-22(25)38-29/h6-15,23-24,26,31-32,34H,1-5H3/t23-,24+,26+,28+,29+/m0/s1. The molecule has 2 aliphatic rings. The van der Waals surface area contributed by atoms with Gasteiger partial charge in [0.1, 0.15) is 23.4 Å². The molecule has 5 atom stereocenters. The Labute approximate surface area is 220 Å². The van der Waals surface area contributed by atoms with E-state index in [1.54, 1.807) is 38.4 Å². The monoisotopic (exact) mass is 521 g/mol. The van der Waals surface area contributed by atoms with Crippen LogP contribution in [0.4, 0.5) is 0 Å². The molecule has 9 heteroatoms. The van der Waals surface area contributed by atoms with E-state index in [-0.39, 0.29) is 34.5 Å². The lowest BCUT2D eigenvalue weighted by Gasteiger charge is -2.41. The number of benzene rings is 3. The second kappa shape index (κ2) is 9.11. The van der Waals surface area contributed by atoms with Gasteiger partial charge in [0.15, 0.2) is 22.7 Å². The van der Waals surface area contributed by atoms with Gasteiger partial charge in [-0.15, -0.1) is 0 Å². The van der Waals surface area contributed by atoms with Crippen LogP contribution < -0.4 is 18.9 Å². The number of aromatic hydroxyl groups is 1. The van der Waals surface area contributed by atoms with Crippen LogP contribution in [0.1, 0.15) is 22.6 Å². The quantitative estimate of drug-likeness (QED) is 0.453. The number of phenols is 1. The van der Waals surface area contributed by atoms with Crippen LogP contribution in [0.25, 0.3) is 0 Å². The summed E-state index contributed by atoms with van der Waals surface area (Å²) in [5.41, 5.74) is -2.72. The van der Waals surface area contributed by atoms with Crippen LogP contribution >= 0.6 is 0 Å². The van der Waals surface area contributed by atoms with E-state index in [0.717, 1.165) is 0 Å². The van der Waals surface area contributed by atoms with Crippen molar-refractivity contribution in [2.75, 3.05) is 35.4 Å². The fraction of sp³-hybridized carbons (Fsp3) is 0.345. The van der Waals surface area contributed by atoms with E-state index in [9.17, 15) is 20.1 Å². The van der Waals surface area contributed by atoms with Crippen LogP contribution in [0.5, 0.6) is 28.7 Å². The molecule has 5 rings (SSSR count). The van der Waals surface area contributed by atoms with Crippen molar-refractivity contribution in [3.63, 3.8) is 0 Å². The molecule has 0 spiro atoms. The number of phenolic OH excluding ortho intramolecular Hbond substituents is 1. The number of hydrogen-bond acceptors (Lipinski definition) is 8. The normalized spacial score (nSPS) is 27.2. The predicted molar refractivity (Wildman–Crippen MR) is 138 cm³/mol. The molecule has 0 radical (unpaired) electrons. The summed E-state index contributed by atoms with van der Waals surface area (Å²) in [4.78, 5) is 15.1. The summed E-state index contributed by atoms with van der Waals surface area (Å²) >= 11 is 0. The second-order valence-electron chi connectivity index (χ2n) is 9.79. The summed E-state index contributed by atoms with van der Waals surface area (Å²) in [6.07, 6.45) is -1.62.